The second-order valence-electron chi connectivity index (χ2n) is 5.90. The van der Waals surface area contributed by atoms with Crippen molar-refractivity contribution in [2.24, 2.45) is 0 Å². The van der Waals surface area contributed by atoms with Gasteiger partial charge in [-0.25, -0.2) is 8.42 Å². The zero-order chi connectivity index (χ0) is 19.5. The number of benzene rings is 2. The minimum Gasteiger partial charge on any atom is -0.496 e. The van der Waals surface area contributed by atoms with Crippen molar-refractivity contribution in [3.05, 3.63) is 52.5 Å². The Morgan fingerprint density at radius 3 is 2.46 bits per heavy atom. The van der Waals surface area contributed by atoms with E-state index in [9.17, 15) is 13.2 Å². The molecule has 1 amide bonds. The lowest BCUT2D eigenvalue weighted by molar-refractivity contribution is -0.116. The average molecular weight is 397 g/mol. The van der Waals surface area contributed by atoms with Crippen molar-refractivity contribution < 1.29 is 17.9 Å². The molecule has 140 valence electrons. The predicted molar refractivity (Wildman–Crippen MR) is 102 cm³/mol. The van der Waals surface area contributed by atoms with Crippen molar-refractivity contribution >= 4 is 33.2 Å². The molecule has 0 aliphatic carbocycles. The van der Waals surface area contributed by atoms with E-state index in [2.05, 4.69) is 5.32 Å². The van der Waals surface area contributed by atoms with E-state index >= 15 is 0 Å². The van der Waals surface area contributed by atoms with Gasteiger partial charge in [-0.2, -0.15) is 4.31 Å². The number of halogens is 1. The molecule has 0 spiro atoms. The van der Waals surface area contributed by atoms with Gasteiger partial charge in [0.1, 0.15) is 5.75 Å². The van der Waals surface area contributed by atoms with Crippen LogP contribution in [0.2, 0.25) is 5.02 Å². The molecule has 26 heavy (non-hydrogen) atoms. The summed E-state index contributed by atoms with van der Waals surface area (Å²) in [5.74, 6) is 0.146. The van der Waals surface area contributed by atoms with Gasteiger partial charge in [-0.05, 0) is 55.3 Å². The largest absolute Gasteiger partial charge is 0.496 e. The molecule has 6 nitrogen and oxygen atoms in total. The number of hydrogen-bond acceptors (Lipinski definition) is 4. The van der Waals surface area contributed by atoms with E-state index in [-0.39, 0.29) is 11.4 Å². The SMILES string of the molecule is COc1ccc(S(=O)(=O)N(C)CC(=O)Nc2cc(Cl)ccc2C)cc1C. The number of ether oxygens (including phenoxy) is 1. The lowest BCUT2D eigenvalue weighted by Crippen LogP contribution is -2.35. The number of carbonyl (C=O) groups excluding carboxylic acids is 1. The maximum absolute atomic E-state index is 12.7. The Hall–Kier alpha value is -2.09. The highest BCUT2D eigenvalue weighted by molar-refractivity contribution is 7.89. The van der Waals surface area contributed by atoms with Gasteiger partial charge in [-0.15, -0.1) is 0 Å². The molecule has 8 heteroatoms. The molecule has 0 bridgehead atoms. The van der Waals surface area contributed by atoms with Gasteiger partial charge >= 0.3 is 0 Å². The van der Waals surface area contributed by atoms with E-state index < -0.39 is 15.9 Å². The van der Waals surface area contributed by atoms with E-state index in [0.29, 0.717) is 22.0 Å². The van der Waals surface area contributed by atoms with E-state index in [0.717, 1.165) is 9.87 Å². The molecule has 0 aliphatic rings. The third-order valence-corrected chi connectivity index (χ3v) is 5.95. The van der Waals surface area contributed by atoms with Gasteiger partial charge in [0.2, 0.25) is 15.9 Å². The van der Waals surface area contributed by atoms with Crippen molar-refractivity contribution in [2.45, 2.75) is 18.7 Å². The number of anilines is 1. The van der Waals surface area contributed by atoms with Crippen LogP contribution in [-0.2, 0) is 14.8 Å². The summed E-state index contributed by atoms with van der Waals surface area (Å²) in [6.45, 7) is 3.26. The zero-order valence-corrected chi connectivity index (χ0v) is 16.6. The molecule has 0 aromatic heterocycles. The molecule has 0 heterocycles. The van der Waals surface area contributed by atoms with Crippen LogP contribution in [0.15, 0.2) is 41.3 Å². The van der Waals surface area contributed by atoms with Crippen LogP contribution < -0.4 is 10.1 Å². The number of hydrogen-bond donors (Lipinski definition) is 1. The Kier molecular flexibility index (Phi) is 6.28. The van der Waals surface area contributed by atoms with Crippen LogP contribution in [0, 0.1) is 13.8 Å². The van der Waals surface area contributed by atoms with Crippen LogP contribution in [0.5, 0.6) is 5.75 Å². The predicted octanol–water partition coefficient (Wildman–Crippen LogP) is 3.22. The van der Waals surface area contributed by atoms with Gasteiger partial charge in [0.15, 0.2) is 0 Å². The third-order valence-electron chi connectivity index (χ3n) is 3.91. The van der Waals surface area contributed by atoms with E-state index in [1.165, 1.54) is 26.3 Å². The maximum Gasteiger partial charge on any atom is 0.243 e. The number of sulfonamides is 1. The summed E-state index contributed by atoms with van der Waals surface area (Å²) >= 11 is 5.93. The molecule has 0 fully saturated rings. The van der Waals surface area contributed by atoms with Crippen LogP contribution in [0.3, 0.4) is 0 Å². The van der Waals surface area contributed by atoms with Crippen molar-refractivity contribution in [2.75, 3.05) is 26.0 Å². The number of aryl methyl sites for hydroxylation is 2. The number of likely N-dealkylation sites (N-methyl/N-ethyl adjacent to an activating group) is 1. The molecule has 0 radical (unpaired) electrons. The van der Waals surface area contributed by atoms with Gasteiger partial charge in [-0.1, -0.05) is 17.7 Å². The highest BCUT2D eigenvalue weighted by Gasteiger charge is 2.24. The molecule has 2 rings (SSSR count). The second kappa shape index (κ2) is 8.07. The lowest BCUT2D eigenvalue weighted by atomic mass is 10.2. The van der Waals surface area contributed by atoms with E-state index in [4.69, 9.17) is 16.3 Å². The first-order valence-corrected chi connectivity index (χ1v) is 9.64. The summed E-state index contributed by atoms with van der Waals surface area (Å²) in [5, 5.41) is 3.17. The van der Waals surface area contributed by atoms with Gasteiger partial charge in [0.25, 0.3) is 0 Å². The molecule has 2 aromatic rings. The fourth-order valence-corrected chi connectivity index (χ4v) is 3.78. The zero-order valence-electron chi connectivity index (χ0n) is 15.0. The fraction of sp³-hybridized carbons (Fsp3) is 0.278. The quantitative estimate of drug-likeness (QED) is 0.813. The number of methoxy groups -OCH3 is 1. The van der Waals surface area contributed by atoms with Gasteiger partial charge < -0.3 is 10.1 Å². The summed E-state index contributed by atoms with van der Waals surface area (Å²) < 4.78 is 31.5. The molecule has 0 unspecified atom stereocenters. The first kappa shape index (κ1) is 20.2. The summed E-state index contributed by atoms with van der Waals surface area (Å²) in [6.07, 6.45) is 0. The van der Waals surface area contributed by atoms with Crippen LogP contribution in [-0.4, -0.2) is 39.3 Å². The average Bonchev–Trinajstić information content (AvgIpc) is 2.57. The van der Waals surface area contributed by atoms with Crippen LogP contribution in [0.25, 0.3) is 0 Å². The highest BCUT2D eigenvalue weighted by atomic mass is 35.5. The molecular formula is C18H21ClN2O4S. The minimum atomic E-state index is -3.80. The Balaban J connectivity index is 2.14. The smallest absolute Gasteiger partial charge is 0.243 e. The van der Waals surface area contributed by atoms with Crippen molar-refractivity contribution in [3.8, 4) is 5.75 Å². The topological polar surface area (TPSA) is 75.7 Å². The summed E-state index contributed by atoms with van der Waals surface area (Å²) in [6, 6.07) is 9.68. The third kappa shape index (κ3) is 4.55. The van der Waals surface area contributed by atoms with Gasteiger partial charge in [0, 0.05) is 17.8 Å². The number of carbonyl (C=O) groups is 1. The van der Waals surface area contributed by atoms with Crippen LogP contribution >= 0.6 is 11.6 Å². The Morgan fingerprint density at radius 2 is 1.85 bits per heavy atom. The molecule has 0 atom stereocenters. The minimum absolute atomic E-state index is 0.102. The van der Waals surface area contributed by atoms with Crippen molar-refractivity contribution in [1.82, 2.24) is 4.31 Å². The van der Waals surface area contributed by atoms with Crippen molar-refractivity contribution in [1.29, 1.82) is 0 Å². The molecular weight excluding hydrogens is 376 g/mol. The first-order valence-electron chi connectivity index (χ1n) is 7.82. The maximum atomic E-state index is 12.7. The highest BCUT2D eigenvalue weighted by Crippen LogP contribution is 2.24. The van der Waals surface area contributed by atoms with Gasteiger partial charge in [-0.3, -0.25) is 4.79 Å². The number of rotatable bonds is 6. The second-order valence-corrected chi connectivity index (χ2v) is 8.38. The van der Waals surface area contributed by atoms with Gasteiger partial charge in [0.05, 0.1) is 18.6 Å². The van der Waals surface area contributed by atoms with Crippen LogP contribution in [0.1, 0.15) is 11.1 Å². The normalized spacial score (nSPS) is 11.5. The number of nitrogens with one attached hydrogen (secondary N) is 1. The van der Waals surface area contributed by atoms with E-state index in [1.54, 1.807) is 31.2 Å². The Morgan fingerprint density at radius 1 is 1.15 bits per heavy atom. The Labute approximate surface area is 158 Å². The molecule has 2 aromatic carbocycles. The summed E-state index contributed by atoms with van der Waals surface area (Å²) in [5.41, 5.74) is 2.08. The molecule has 0 aliphatic heterocycles. The molecule has 0 saturated heterocycles. The molecule has 0 saturated carbocycles. The van der Waals surface area contributed by atoms with Crippen LogP contribution in [0.4, 0.5) is 5.69 Å². The monoisotopic (exact) mass is 396 g/mol. The number of nitrogens with zero attached hydrogens (tertiary/aromatic N) is 1. The Bertz CT molecular complexity index is 929. The fourth-order valence-electron chi connectivity index (χ4n) is 2.40. The summed E-state index contributed by atoms with van der Waals surface area (Å²) in [7, 11) is -0.922. The standard InChI is InChI=1S/C18H21ClN2O4S/c1-12-5-6-14(19)10-16(12)20-18(22)11-21(3)26(23,24)15-7-8-17(25-4)13(2)9-15/h5-10H,11H2,1-4H3,(H,20,22). The van der Waals surface area contributed by atoms with E-state index in [1.807, 2.05) is 6.92 Å². The van der Waals surface area contributed by atoms with Crippen molar-refractivity contribution in [3.63, 3.8) is 0 Å². The lowest BCUT2D eigenvalue weighted by Gasteiger charge is -2.18. The summed E-state index contributed by atoms with van der Waals surface area (Å²) in [4.78, 5) is 12.4. The molecule has 1 N–H and O–H groups in total. The number of amides is 1. The first-order chi connectivity index (χ1) is 12.1.